The van der Waals surface area contributed by atoms with Crippen molar-refractivity contribution < 1.29 is 9.53 Å². The van der Waals surface area contributed by atoms with E-state index in [2.05, 4.69) is 21.2 Å². The van der Waals surface area contributed by atoms with E-state index in [1.807, 2.05) is 30.3 Å². The van der Waals surface area contributed by atoms with Crippen LogP contribution in [-0.4, -0.2) is 19.1 Å². The SMILES string of the molecule is O=C(OC1(c2ccccc2)CCNCC1)c1ccc(Cl)cc1Br. The molecule has 1 aliphatic heterocycles. The van der Waals surface area contributed by atoms with E-state index in [0.717, 1.165) is 31.5 Å². The Hall–Kier alpha value is -1.36. The lowest BCUT2D eigenvalue weighted by atomic mass is 9.84. The van der Waals surface area contributed by atoms with Crippen molar-refractivity contribution in [1.82, 2.24) is 5.32 Å². The first-order valence-corrected chi connectivity index (χ1v) is 8.72. The number of rotatable bonds is 3. The highest BCUT2D eigenvalue weighted by Crippen LogP contribution is 2.36. The van der Waals surface area contributed by atoms with Crippen molar-refractivity contribution in [3.8, 4) is 0 Å². The van der Waals surface area contributed by atoms with Crippen LogP contribution in [0.1, 0.15) is 28.8 Å². The molecule has 23 heavy (non-hydrogen) atoms. The van der Waals surface area contributed by atoms with Gasteiger partial charge >= 0.3 is 5.97 Å². The van der Waals surface area contributed by atoms with Crippen LogP contribution in [0.4, 0.5) is 0 Å². The number of halogens is 2. The van der Waals surface area contributed by atoms with Crippen LogP contribution in [0.5, 0.6) is 0 Å². The summed E-state index contributed by atoms with van der Waals surface area (Å²) in [6.45, 7) is 1.65. The first-order valence-electron chi connectivity index (χ1n) is 7.55. The molecule has 120 valence electrons. The lowest BCUT2D eigenvalue weighted by Gasteiger charge is -2.37. The van der Waals surface area contributed by atoms with Crippen molar-refractivity contribution in [3.63, 3.8) is 0 Å². The van der Waals surface area contributed by atoms with Gasteiger partial charge in [0.2, 0.25) is 0 Å². The third-order valence-electron chi connectivity index (χ3n) is 4.15. The molecule has 3 rings (SSSR count). The summed E-state index contributed by atoms with van der Waals surface area (Å²) in [6.07, 6.45) is 1.52. The Morgan fingerprint density at radius 1 is 1.13 bits per heavy atom. The maximum Gasteiger partial charge on any atom is 0.340 e. The van der Waals surface area contributed by atoms with Gasteiger partial charge in [0, 0.05) is 22.3 Å². The largest absolute Gasteiger partial charge is 0.450 e. The molecule has 0 spiro atoms. The second-order valence-corrected chi connectivity index (χ2v) is 6.91. The van der Waals surface area contributed by atoms with E-state index in [0.29, 0.717) is 15.1 Å². The van der Waals surface area contributed by atoms with E-state index in [1.54, 1.807) is 18.2 Å². The number of hydrogen-bond donors (Lipinski definition) is 1. The molecule has 2 aromatic rings. The molecule has 2 aromatic carbocycles. The molecule has 0 bridgehead atoms. The first-order chi connectivity index (χ1) is 11.1. The molecule has 0 amide bonds. The molecule has 1 fully saturated rings. The van der Waals surface area contributed by atoms with E-state index in [-0.39, 0.29) is 5.97 Å². The summed E-state index contributed by atoms with van der Waals surface area (Å²) >= 11 is 9.34. The van der Waals surface area contributed by atoms with Gasteiger partial charge in [0.15, 0.2) is 0 Å². The molecule has 0 atom stereocenters. The van der Waals surface area contributed by atoms with Crippen molar-refractivity contribution in [3.05, 3.63) is 69.2 Å². The zero-order valence-corrected chi connectivity index (χ0v) is 14.9. The predicted octanol–water partition coefficient (Wildman–Crippen LogP) is 4.54. The molecular formula is C18H17BrClNO2. The number of carbonyl (C=O) groups excluding carboxylic acids is 1. The monoisotopic (exact) mass is 393 g/mol. The zero-order valence-electron chi connectivity index (χ0n) is 12.5. The summed E-state index contributed by atoms with van der Waals surface area (Å²) in [5.74, 6) is -0.334. The Labute approximate surface area is 149 Å². The van der Waals surface area contributed by atoms with E-state index in [1.165, 1.54) is 0 Å². The first kappa shape index (κ1) is 16.5. The second kappa shape index (κ2) is 7.04. The number of carbonyl (C=O) groups is 1. The van der Waals surface area contributed by atoms with Crippen molar-refractivity contribution >= 4 is 33.5 Å². The Balaban J connectivity index is 1.91. The average molecular weight is 395 g/mol. The average Bonchev–Trinajstić information content (AvgIpc) is 2.56. The minimum atomic E-state index is -0.581. The Bertz CT molecular complexity index is 699. The van der Waals surface area contributed by atoms with Crippen LogP contribution in [0.2, 0.25) is 5.02 Å². The summed E-state index contributed by atoms with van der Waals surface area (Å²) < 4.78 is 6.67. The second-order valence-electron chi connectivity index (χ2n) is 5.62. The van der Waals surface area contributed by atoms with E-state index >= 15 is 0 Å². The van der Waals surface area contributed by atoms with Crippen LogP contribution in [0.25, 0.3) is 0 Å². The van der Waals surface area contributed by atoms with Gasteiger partial charge < -0.3 is 10.1 Å². The van der Waals surface area contributed by atoms with Crippen molar-refractivity contribution in [2.75, 3.05) is 13.1 Å². The molecule has 5 heteroatoms. The van der Waals surface area contributed by atoms with Crippen molar-refractivity contribution in [1.29, 1.82) is 0 Å². The molecule has 0 radical (unpaired) electrons. The zero-order chi connectivity index (χ0) is 16.3. The van der Waals surface area contributed by atoms with Crippen molar-refractivity contribution in [2.24, 2.45) is 0 Å². The smallest absolute Gasteiger partial charge is 0.340 e. The minimum absolute atomic E-state index is 0.334. The number of ether oxygens (including phenoxy) is 1. The van der Waals surface area contributed by atoms with Gasteiger partial charge in [0.25, 0.3) is 0 Å². The Kier molecular flexibility index (Phi) is 5.05. The highest BCUT2D eigenvalue weighted by Gasteiger charge is 2.38. The van der Waals surface area contributed by atoms with Gasteiger partial charge in [-0.3, -0.25) is 0 Å². The van der Waals surface area contributed by atoms with E-state index in [4.69, 9.17) is 16.3 Å². The number of nitrogens with one attached hydrogen (secondary N) is 1. The molecule has 1 heterocycles. The van der Waals surface area contributed by atoms with Gasteiger partial charge in [-0.15, -0.1) is 0 Å². The summed E-state index contributed by atoms with van der Waals surface area (Å²) in [7, 11) is 0. The lowest BCUT2D eigenvalue weighted by molar-refractivity contribution is -0.0379. The fourth-order valence-corrected chi connectivity index (χ4v) is 3.75. The summed E-state index contributed by atoms with van der Waals surface area (Å²) in [5, 5.41) is 3.90. The molecule has 0 aliphatic carbocycles. The summed E-state index contributed by atoms with van der Waals surface area (Å²) in [5.41, 5.74) is 0.950. The number of piperidine rings is 1. The van der Waals surface area contributed by atoms with Gasteiger partial charge in [0.1, 0.15) is 5.60 Å². The lowest BCUT2D eigenvalue weighted by Crippen LogP contribution is -2.43. The fourth-order valence-electron chi connectivity index (χ4n) is 2.91. The molecule has 1 aliphatic rings. The highest BCUT2D eigenvalue weighted by molar-refractivity contribution is 9.10. The third-order valence-corrected chi connectivity index (χ3v) is 5.04. The Morgan fingerprint density at radius 2 is 1.83 bits per heavy atom. The quantitative estimate of drug-likeness (QED) is 0.777. The predicted molar refractivity (Wildman–Crippen MR) is 94.8 cm³/mol. The topological polar surface area (TPSA) is 38.3 Å². The van der Waals surface area contributed by atoms with Crippen molar-refractivity contribution in [2.45, 2.75) is 18.4 Å². The minimum Gasteiger partial charge on any atom is -0.450 e. The molecule has 1 N–H and O–H groups in total. The highest BCUT2D eigenvalue weighted by atomic mass is 79.9. The van der Waals surface area contributed by atoms with Gasteiger partial charge in [-0.25, -0.2) is 4.79 Å². The van der Waals surface area contributed by atoms with Gasteiger partial charge in [-0.1, -0.05) is 41.9 Å². The number of esters is 1. The third kappa shape index (κ3) is 3.60. The normalized spacial score (nSPS) is 16.8. The maximum absolute atomic E-state index is 12.7. The molecule has 3 nitrogen and oxygen atoms in total. The van der Waals surface area contributed by atoms with Crippen LogP contribution >= 0.6 is 27.5 Å². The van der Waals surface area contributed by atoms with Crippen LogP contribution in [-0.2, 0) is 10.3 Å². The van der Waals surface area contributed by atoms with Gasteiger partial charge in [0.05, 0.1) is 5.56 Å². The maximum atomic E-state index is 12.7. The molecule has 1 saturated heterocycles. The standard InChI is InChI=1S/C18H17BrClNO2/c19-16-12-14(20)6-7-15(16)17(22)23-18(8-10-21-11-9-18)13-4-2-1-3-5-13/h1-7,12,21H,8-11H2. The van der Waals surface area contributed by atoms with Crippen LogP contribution in [0.3, 0.4) is 0 Å². The van der Waals surface area contributed by atoms with Crippen LogP contribution in [0, 0.1) is 0 Å². The van der Waals surface area contributed by atoms with Gasteiger partial charge in [-0.2, -0.15) is 0 Å². The van der Waals surface area contributed by atoms with Crippen LogP contribution in [0.15, 0.2) is 53.0 Å². The molecule has 0 aromatic heterocycles. The number of benzene rings is 2. The number of hydrogen-bond acceptors (Lipinski definition) is 3. The summed E-state index contributed by atoms with van der Waals surface area (Å²) in [6, 6.07) is 15.1. The molecule has 0 saturated carbocycles. The molecular weight excluding hydrogens is 378 g/mol. The molecule has 0 unspecified atom stereocenters. The van der Waals surface area contributed by atoms with E-state index < -0.39 is 5.60 Å². The summed E-state index contributed by atoms with van der Waals surface area (Å²) in [4.78, 5) is 12.7. The fraction of sp³-hybridized carbons (Fsp3) is 0.278. The van der Waals surface area contributed by atoms with Gasteiger partial charge in [-0.05, 0) is 52.8 Å². The Morgan fingerprint density at radius 3 is 2.48 bits per heavy atom. The van der Waals surface area contributed by atoms with Crippen LogP contribution < -0.4 is 5.32 Å². The van der Waals surface area contributed by atoms with E-state index in [9.17, 15) is 4.79 Å².